The van der Waals surface area contributed by atoms with Gasteiger partial charge in [0.2, 0.25) is 6.79 Å². The van der Waals surface area contributed by atoms with E-state index in [9.17, 15) is 0 Å². The fourth-order valence-corrected chi connectivity index (χ4v) is 2.18. The fourth-order valence-electron chi connectivity index (χ4n) is 1.94. The number of thiocarbonyl (C=S) groups is 1. The second-order valence-corrected chi connectivity index (χ2v) is 4.78. The molecule has 6 heteroatoms. The van der Waals surface area contributed by atoms with Crippen LogP contribution >= 0.6 is 12.2 Å². The summed E-state index contributed by atoms with van der Waals surface area (Å²) in [4.78, 5) is 0. The smallest absolute Gasteiger partial charge is 0.231 e. The van der Waals surface area contributed by atoms with Crippen LogP contribution in [0.4, 0.5) is 11.4 Å². The van der Waals surface area contributed by atoms with Gasteiger partial charge in [-0.05, 0) is 48.6 Å². The van der Waals surface area contributed by atoms with Gasteiger partial charge in [0.25, 0.3) is 0 Å². The van der Waals surface area contributed by atoms with Crippen molar-refractivity contribution in [2.24, 2.45) is 0 Å². The monoisotopic (exact) mass is 302 g/mol. The van der Waals surface area contributed by atoms with Gasteiger partial charge in [-0.15, -0.1) is 0 Å². The Hall–Kier alpha value is -2.47. The first-order valence-electron chi connectivity index (χ1n) is 6.36. The molecule has 1 aliphatic heterocycles. The van der Waals surface area contributed by atoms with Crippen LogP contribution in [0.25, 0.3) is 0 Å². The predicted octanol–water partition coefficient (Wildman–Crippen LogP) is 3.23. The van der Waals surface area contributed by atoms with Crippen LogP contribution in [0.3, 0.4) is 0 Å². The summed E-state index contributed by atoms with van der Waals surface area (Å²) in [5.41, 5.74) is 1.72. The Morgan fingerprint density at radius 3 is 2.43 bits per heavy atom. The lowest BCUT2D eigenvalue weighted by atomic mass is 10.3. The van der Waals surface area contributed by atoms with Gasteiger partial charge < -0.3 is 24.8 Å². The fraction of sp³-hybridized carbons (Fsp3) is 0.133. The molecule has 5 nitrogen and oxygen atoms in total. The van der Waals surface area contributed by atoms with Crippen molar-refractivity contribution in [1.29, 1.82) is 0 Å². The van der Waals surface area contributed by atoms with E-state index >= 15 is 0 Å². The van der Waals surface area contributed by atoms with Crippen LogP contribution in [0.5, 0.6) is 17.2 Å². The highest BCUT2D eigenvalue weighted by molar-refractivity contribution is 7.80. The molecule has 0 saturated heterocycles. The average molecular weight is 302 g/mol. The third-order valence-corrected chi connectivity index (χ3v) is 3.18. The summed E-state index contributed by atoms with van der Waals surface area (Å²) in [5.74, 6) is 2.26. The number of benzene rings is 2. The van der Waals surface area contributed by atoms with Crippen LogP contribution in [-0.2, 0) is 0 Å². The molecule has 108 valence electrons. The number of ether oxygens (including phenoxy) is 3. The normalized spacial score (nSPS) is 11.9. The van der Waals surface area contributed by atoms with Gasteiger partial charge in [0.05, 0.1) is 7.11 Å². The van der Waals surface area contributed by atoms with Gasteiger partial charge >= 0.3 is 0 Å². The first-order valence-corrected chi connectivity index (χ1v) is 6.77. The molecular formula is C15H14N2O3S. The molecule has 2 N–H and O–H groups in total. The molecule has 0 bridgehead atoms. The van der Waals surface area contributed by atoms with E-state index in [1.165, 1.54) is 0 Å². The van der Waals surface area contributed by atoms with Crippen LogP contribution in [-0.4, -0.2) is 19.0 Å². The topological polar surface area (TPSA) is 51.8 Å². The van der Waals surface area contributed by atoms with Gasteiger partial charge in [-0.3, -0.25) is 0 Å². The number of hydrogen-bond acceptors (Lipinski definition) is 4. The van der Waals surface area contributed by atoms with Crippen molar-refractivity contribution in [1.82, 2.24) is 0 Å². The minimum absolute atomic E-state index is 0.257. The van der Waals surface area contributed by atoms with Crippen molar-refractivity contribution in [3.05, 3.63) is 42.5 Å². The molecule has 0 saturated carbocycles. The van der Waals surface area contributed by atoms with Gasteiger partial charge in [-0.1, -0.05) is 0 Å². The number of fused-ring (bicyclic) bond motifs is 1. The molecule has 0 aliphatic carbocycles. The highest BCUT2D eigenvalue weighted by Gasteiger charge is 2.13. The van der Waals surface area contributed by atoms with Gasteiger partial charge in [-0.2, -0.15) is 0 Å². The molecule has 0 fully saturated rings. The van der Waals surface area contributed by atoms with Gasteiger partial charge in [0.1, 0.15) is 5.75 Å². The SMILES string of the molecule is COc1ccc(NC(=S)Nc2ccc3c(c2)OCO3)cc1. The average Bonchev–Trinajstić information content (AvgIpc) is 2.95. The Morgan fingerprint density at radius 1 is 1.00 bits per heavy atom. The predicted molar refractivity (Wildman–Crippen MR) is 85.4 cm³/mol. The van der Waals surface area contributed by atoms with E-state index < -0.39 is 0 Å². The van der Waals surface area contributed by atoms with E-state index in [1.807, 2.05) is 42.5 Å². The molecule has 0 aromatic heterocycles. The van der Waals surface area contributed by atoms with Gasteiger partial charge in [0.15, 0.2) is 16.6 Å². The minimum Gasteiger partial charge on any atom is -0.497 e. The molecular weight excluding hydrogens is 288 g/mol. The summed E-state index contributed by atoms with van der Waals surface area (Å²) in [7, 11) is 1.63. The summed E-state index contributed by atoms with van der Waals surface area (Å²) in [6.45, 7) is 0.257. The summed E-state index contributed by atoms with van der Waals surface area (Å²) in [6, 6.07) is 13.1. The first kappa shape index (κ1) is 13.5. The molecule has 0 spiro atoms. The van der Waals surface area contributed by atoms with Crippen LogP contribution in [0.1, 0.15) is 0 Å². The summed E-state index contributed by atoms with van der Waals surface area (Å²) >= 11 is 5.28. The number of nitrogens with one attached hydrogen (secondary N) is 2. The Morgan fingerprint density at radius 2 is 1.67 bits per heavy atom. The van der Waals surface area contributed by atoms with Gasteiger partial charge in [-0.25, -0.2) is 0 Å². The summed E-state index contributed by atoms with van der Waals surface area (Å²) < 4.78 is 15.7. The summed E-state index contributed by atoms with van der Waals surface area (Å²) in [6.07, 6.45) is 0. The van der Waals surface area contributed by atoms with E-state index in [-0.39, 0.29) is 6.79 Å². The maximum Gasteiger partial charge on any atom is 0.231 e. The lowest BCUT2D eigenvalue weighted by Crippen LogP contribution is -2.18. The van der Waals surface area contributed by atoms with Crippen LogP contribution in [0, 0.1) is 0 Å². The first-order chi connectivity index (χ1) is 10.2. The highest BCUT2D eigenvalue weighted by Crippen LogP contribution is 2.34. The van der Waals surface area contributed by atoms with Crippen molar-refractivity contribution in [3.63, 3.8) is 0 Å². The Labute approximate surface area is 127 Å². The van der Waals surface area contributed by atoms with E-state index in [0.29, 0.717) is 10.9 Å². The molecule has 0 atom stereocenters. The van der Waals surface area contributed by atoms with E-state index in [0.717, 1.165) is 22.9 Å². The lowest BCUT2D eigenvalue weighted by Gasteiger charge is -2.11. The van der Waals surface area contributed by atoms with Crippen molar-refractivity contribution in [2.75, 3.05) is 24.5 Å². The maximum absolute atomic E-state index is 5.32. The third kappa shape index (κ3) is 3.17. The lowest BCUT2D eigenvalue weighted by molar-refractivity contribution is 0.174. The minimum atomic E-state index is 0.257. The van der Waals surface area contributed by atoms with Crippen molar-refractivity contribution in [3.8, 4) is 17.2 Å². The largest absolute Gasteiger partial charge is 0.497 e. The zero-order valence-electron chi connectivity index (χ0n) is 11.4. The maximum atomic E-state index is 5.32. The number of rotatable bonds is 3. The number of hydrogen-bond donors (Lipinski definition) is 2. The van der Waals surface area contributed by atoms with Crippen LogP contribution in [0.15, 0.2) is 42.5 Å². The molecule has 21 heavy (non-hydrogen) atoms. The number of anilines is 2. The van der Waals surface area contributed by atoms with E-state index in [2.05, 4.69) is 10.6 Å². The Bertz CT molecular complexity index is 658. The highest BCUT2D eigenvalue weighted by atomic mass is 32.1. The second kappa shape index (κ2) is 5.88. The van der Waals surface area contributed by atoms with Gasteiger partial charge in [0, 0.05) is 17.4 Å². The second-order valence-electron chi connectivity index (χ2n) is 4.38. The van der Waals surface area contributed by atoms with Crippen molar-refractivity contribution < 1.29 is 14.2 Å². The van der Waals surface area contributed by atoms with E-state index in [4.69, 9.17) is 26.4 Å². The Balaban J connectivity index is 1.63. The standard InChI is InChI=1S/C15H14N2O3S/c1-18-12-5-2-10(3-6-12)16-15(21)17-11-4-7-13-14(8-11)20-9-19-13/h2-8H,9H2,1H3,(H2,16,17,21). The molecule has 3 rings (SSSR count). The molecule has 2 aromatic rings. The van der Waals surface area contributed by atoms with Crippen molar-refractivity contribution in [2.45, 2.75) is 0 Å². The molecule has 0 radical (unpaired) electrons. The molecule has 1 aliphatic rings. The third-order valence-electron chi connectivity index (χ3n) is 2.98. The molecule has 2 aromatic carbocycles. The number of methoxy groups -OCH3 is 1. The molecule has 0 unspecified atom stereocenters. The van der Waals surface area contributed by atoms with Crippen LogP contribution in [0.2, 0.25) is 0 Å². The van der Waals surface area contributed by atoms with Crippen LogP contribution < -0.4 is 24.8 Å². The van der Waals surface area contributed by atoms with E-state index in [1.54, 1.807) is 7.11 Å². The Kier molecular flexibility index (Phi) is 3.79. The quantitative estimate of drug-likeness (QED) is 0.849. The summed E-state index contributed by atoms with van der Waals surface area (Å²) in [5, 5.41) is 6.70. The zero-order valence-corrected chi connectivity index (χ0v) is 12.2. The van der Waals surface area contributed by atoms with Crippen molar-refractivity contribution >= 4 is 28.7 Å². The zero-order chi connectivity index (χ0) is 14.7. The molecule has 0 amide bonds. The molecule has 1 heterocycles.